The van der Waals surface area contributed by atoms with Crippen LogP contribution in [0.2, 0.25) is 0 Å². The van der Waals surface area contributed by atoms with Crippen LogP contribution in [0.3, 0.4) is 0 Å². The van der Waals surface area contributed by atoms with E-state index in [0.29, 0.717) is 18.1 Å². The van der Waals surface area contributed by atoms with Crippen molar-refractivity contribution in [3.63, 3.8) is 0 Å². The second-order valence-electron chi connectivity index (χ2n) is 8.74. The van der Waals surface area contributed by atoms with Gasteiger partial charge in [0.05, 0.1) is 6.61 Å². The third kappa shape index (κ3) is 3.81. The Labute approximate surface area is 167 Å². The highest BCUT2D eigenvalue weighted by Gasteiger charge is 2.34. The Kier molecular flexibility index (Phi) is 5.70. The third-order valence-corrected chi connectivity index (χ3v) is 6.92. The number of hydrogen-bond donors (Lipinski definition) is 0. The lowest BCUT2D eigenvalue weighted by Crippen LogP contribution is -2.29. The van der Waals surface area contributed by atoms with Crippen molar-refractivity contribution >= 4 is 0 Å². The van der Waals surface area contributed by atoms with Gasteiger partial charge in [0, 0.05) is 5.56 Å². The number of hydrogen-bond acceptors (Lipinski definition) is 1. The van der Waals surface area contributed by atoms with Crippen LogP contribution in [0.15, 0.2) is 36.4 Å². The Morgan fingerprint density at radius 2 is 1.57 bits per heavy atom. The maximum absolute atomic E-state index is 14.5. The van der Waals surface area contributed by atoms with Gasteiger partial charge in [0.25, 0.3) is 0 Å². The molecular weight excluding hydrogens is 354 g/mol. The van der Waals surface area contributed by atoms with Crippen molar-refractivity contribution in [2.75, 3.05) is 6.61 Å². The number of rotatable bonds is 4. The molecule has 3 heteroatoms. The maximum atomic E-state index is 14.5. The van der Waals surface area contributed by atoms with Crippen LogP contribution in [0.5, 0.6) is 5.75 Å². The second-order valence-corrected chi connectivity index (χ2v) is 8.74. The van der Waals surface area contributed by atoms with Crippen molar-refractivity contribution in [1.29, 1.82) is 0 Å². The second kappa shape index (κ2) is 8.23. The Morgan fingerprint density at radius 1 is 0.857 bits per heavy atom. The highest BCUT2D eigenvalue weighted by molar-refractivity contribution is 5.65. The summed E-state index contributed by atoms with van der Waals surface area (Å²) in [4.78, 5) is 0. The molecule has 0 radical (unpaired) electrons. The van der Waals surface area contributed by atoms with Gasteiger partial charge in [0.2, 0.25) is 5.82 Å². The van der Waals surface area contributed by atoms with Gasteiger partial charge in [-0.3, -0.25) is 0 Å². The molecule has 4 rings (SSSR count). The van der Waals surface area contributed by atoms with Crippen molar-refractivity contribution in [2.45, 2.75) is 58.3 Å². The highest BCUT2D eigenvalue weighted by atomic mass is 19.2. The van der Waals surface area contributed by atoms with Gasteiger partial charge in [0.1, 0.15) is 0 Å². The minimum Gasteiger partial charge on any atom is -0.491 e. The predicted octanol–water partition coefficient (Wildman–Crippen LogP) is 7.35. The maximum Gasteiger partial charge on any atom is 0.201 e. The lowest BCUT2D eigenvalue weighted by Gasteiger charge is -2.41. The summed E-state index contributed by atoms with van der Waals surface area (Å²) >= 11 is 0. The Hall–Kier alpha value is -1.90. The first-order valence-electron chi connectivity index (χ1n) is 10.8. The molecule has 4 unspecified atom stereocenters. The minimum absolute atomic E-state index is 0.0288. The average Bonchev–Trinajstić information content (AvgIpc) is 2.71. The smallest absolute Gasteiger partial charge is 0.201 e. The highest BCUT2D eigenvalue weighted by Crippen LogP contribution is 2.47. The molecule has 150 valence electrons. The molecule has 2 aromatic carbocycles. The van der Waals surface area contributed by atoms with Gasteiger partial charge in [-0.05, 0) is 86.0 Å². The van der Waals surface area contributed by atoms with Gasteiger partial charge in [0.15, 0.2) is 11.6 Å². The van der Waals surface area contributed by atoms with E-state index in [1.54, 1.807) is 13.0 Å². The van der Waals surface area contributed by atoms with Gasteiger partial charge in [-0.2, -0.15) is 4.39 Å². The van der Waals surface area contributed by atoms with Crippen molar-refractivity contribution in [1.82, 2.24) is 0 Å². The summed E-state index contributed by atoms with van der Waals surface area (Å²) in [6, 6.07) is 11.2. The number of fused-ring (bicyclic) bond motifs is 1. The van der Waals surface area contributed by atoms with Crippen LogP contribution < -0.4 is 4.74 Å². The zero-order valence-electron chi connectivity index (χ0n) is 16.9. The minimum atomic E-state index is -0.909. The van der Waals surface area contributed by atoms with E-state index in [-0.39, 0.29) is 11.3 Å². The van der Waals surface area contributed by atoms with E-state index in [1.807, 2.05) is 12.1 Å². The predicted molar refractivity (Wildman–Crippen MR) is 110 cm³/mol. The van der Waals surface area contributed by atoms with Gasteiger partial charge in [-0.15, -0.1) is 0 Å². The molecule has 0 N–H and O–H groups in total. The van der Waals surface area contributed by atoms with Crippen LogP contribution in [0, 0.1) is 29.4 Å². The van der Waals surface area contributed by atoms with Crippen LogP contribution in [-0.2, 0) is 0 Å². The molecule has 2 aromatic rings. The van der Waals surface area contributed by atoms with Crippen LogP contribution >= 0.6 is 0 Å². The number of benzene rings is 2. The van der Waals surface area contributed by atoms with Crippen molar-refractivity contribution in [2.24, 2.45) is 17.8 Å². The monoisotopic (exact) mass is 384 g/mol. The molecule has 2 saturated carbocycles. The normalized spacial score (nSPS) is 27.3. The average molecular weight is 385 g/mol. The summed E-state index contributed by atoms with van der Waals surface area (Å²) in [5.74, 6) is 1.50. The first kappa shape index (κ1) is 19.4. The molecule has 2 fully saturated rings. The first-order valence-corrected chi connectivity index (χ1v) is 10.8. The topological polar surface area (TPSA) is 9.23 Å². The fraction of sp³-hybridized carbons (Fsp3) is 0.520. The fourth-order valence-electron chi connectivity index (χ4n) is 5.38. The quantitative estimate of drug-likeness (QED) is 0.535. The van der Waals surface area contributed by atoms with Crippen LogP contribution in [-0.4, -0.2) is 6.61 Å². The molecule has 0 bridgehead atoms. The zero-order valence-corrected chi connectivity index (χ0v) is 16.9. The third-order valence-electron chi connectivity index (χ3n) is 6.92. The summed E-state index contributed by atoms with van der Waals surface area (Å²) in [5, 5.41) is 0. The van der Waals surface area contributed by atoms with E-state index in [9.17, 15) is 8.78 Å². The molecule has 4 atom stereocenters. The van der Waals surface area contributed by atoms with E-state index < -0.39 is 11.6 Å². The van der Waals surface area contributed by atoms with Crippen LogP contribution in [0.25, 0.3) is 11.1 Å². The molecular formula is C25H30F2O. The SMILES string of the molecule is CCOc1ccc(-c2ccc(C3CCC4CC(C)CCC4C3)cc2)c(F)c1F. The van der Waals surface area contributed by atoms with Crippen molar-refractivity contribution < 1.29 is 13.5 Å². The largest absolute Gasteiger partial charge is 0.491 e. The number of halogens is 2. The molecule has 28 heavy (non-hydrogen) atoms. The lowest BCUT2D eigenvalue weighted by molar-refractivity contribution is 0.124. The van der Waals surface area contributed by atoms with Gasteiger partial charge >= 0.3 is 0 Å². The lowest BCUT2D eigenvalue weighted by atomic mass is 9.64. The first-order chi connectivity index (χ1) is 13.6. The Morgan fingerprint density at radius 3 is 2.32 bits per heavy atom. The van der Waals surface area contributed by atoms with Gasteiger partial charge in [-0.1, -0.05) is 37.6 Å². The molecule has 0 saturated heterocycles. The molecule has 2 aliphatic rings. The van der Waals surface area contributed by atoms with E-state index >= 15 is 0 Å². The summed E-state index contributed by atoms with van der Waals surface area (Å²) in [6.07, 6.45) is 8.01. The molecule has 0 amide bonds. The number of ether oxygens (including phenoxy) is 1. The summed E-state index contributed by atoms with van der Waals surface area (Å²) < 4.78 is 33.8. The van der Waals surface area contributed by atoms with Crippen LogP contribution in [0.4, 0.5) is 8.78 Å². The summed E-state index contributed by atoms with van der Waals surface area (Å²) in [6.45, 7) is 4.46. The van der Waals surface area contributed by atoms with Crippen molar-refractivity contribution in [3.05, 3.63) is 53.6 Å². The molecule has 1 nitrogen and oxygen atoms in total. The molecule has 0 spiro atoms. The zero-order chi connectivity index (χ0) is 19.7. The van der Waals surface area contributed by atoms with E-state index in [0.717, 1.165) is 17.8 Å². The molecule has 2 aliphatic carbocycles. The van der Waals surface area contributed by atoms with Crippen molar-refractivity contribution in [3.8, 4) is 16.9 Å². The van der Waals surface area contributed by atoms with E-state index in [4.69, 9.17) is 4.74 Å². The molecule has 0 aromatic heterocycles. The van der Waals surface area contributed by atoms with Gasteiger partial charge in [-0.25, -0.2) is 4.39 Å². The van der Waals surface area contributed by atoms with Gasteiger partial charge < -0.3 is 4.74 Å². The Balaban J connectivity index is 1.50. The molecule has 0 heterocycles. The standard InChI is InChI=1S/C25H30F2O/c1-3-28-23-13-12-22(24(26)25(23)27)18-8-6-17(7-9-18)20-11-10-19-14-16(2)4-5-21(19)15-20/h6-9,12-13,16,19-21H,3-5,10-11,14-15H2,1-2H3. The summed E-state index contributed by atoms with van der Waals surface area (Å²) in [5.41, 5.74) is 2.34. The molecule has 0 aliphatic heterocycles. The van der Waals surface area contributed by atoms with E-state index in [1.165, 1.54) is 50.2 Å². The van der Waals surface area contributed by atoms with Crippen LogP contribution in [0.1, 0.15) is 63.9 Å². The fourth-order valence-corrected chi connectivity index (χ4v) is 5.38. The van der Waals surface area contributed by atoms with E-state index in [2.05, 4.69) is 19.1 Å². The summed E-state index contributed by atoms with van der Waals surface area (Å²) in [7, 11) is 0. The Bertz CT molecular complexity index is 814.